The van der Waals surface area contributed by atoms with Gasteiger partial charge in [0.25, 0.3) is 0 Å². The maximum atomic E-state index is 12.5. The van der Waals surface area contributed by atoms with E-state index in [9.17, 15) is 13.2 Å². The Morgan fingerprint density at radius 3 is 2.38 bits per heavy atom. The van der Waals surface area contributed by atoms with Gasteiger partial charge in [0.15, 0.2) is 0 Å². The summed E-state index contributed by atoms with van der Waals surface area (Å²) in [4.78, 5) is 13.9. The molecule has 0 saturated carbocycles. The summed E-state index contributed by atoms with van der Waals surface area (Å²) < 4.78 is 32.5. The predicted octanol–water partition coefficient (Wildman–Crippen LogP) is 1.78. The fourth-order valence-corrected chi connectivity index (χ4v) is 3.91. The molecule has 1 aliphatic heterocycles. The average molecular weight is 346 g/mol. The van der Waals surface area contributed by atoms with Gasteiger partial charge in [0.1, 0.15) is 5.75 Å². The van der Waals surface area contributed by atoms with Crippen LogP contribution in [0.15, 0.2) is 59.5 Å². The van der Waals surface area contributed by atoms with Crippen LogP contribution in [-0.2, 0) is 14.8 Å². The van der Waals surface area contributed by atoms with Crippen LogP contribution in [0.2, 0.25) is 0 Å². The van der Waals surface area contributed by atoms with Crippen LogP contribution in [0.1, 0.15) is 6.42 Å². The molecule has 1 amide bonds. The number of nitrogens with one attached hydrogen (secondary N) is 1. The van der Waals surface area contributed by atoms with Gasteiger partial charge in [0, 0.05) is 24.7 Å². The maximum absolute atomic E-state index is 12.5. The number of carbonyl (C=O) groups excluding carboxylic acids is 1. The highest BCUT2D eigenvalue weighted by Gasteiger charge is 2.33. The minimum absolute atomic E-state index is 0.0939. The van der Waals surface area contributed by atoms with Gasteiger partial charge in [-0.05, 0) is 36.4 Å². The predicted molar refractivity (Wildman–Crippen MR) is 90.5 cm³/mol. The van der Waals surface area contributed by atoms with Gasteiger partial charge in [0.05, 0.1) is 12.0 Å². The summed E-state index contributed by atoms with van der Waals surface area (Å²) in [6.07, 6.45) is 0.143. The molecule has 0 bridgehead atoms. The van der Waals surface area contributed by atoms with E-state index < -0.39 is 16.1 Å². The van der Waals surface area contributed by atoms with Crippen LogP contribution < -0.4 is 14.4 Å². The Kier molecular flexibility index (Phi) is 4.55. The highest BCUT2D eigenvalue weighted by atomic mass is 32.2. The minimum Gasteiger partial charge on any atom is -0.497 e. The first-order valence-electron chi connectivity index (χ1n) is 7.51. The van der Waals surface area contributed by atoms with Gasteiger partial charge in [-0.1, -0.05) is 18.2 Å². The first-order chi connectivity index (χ1) is 11.5. The van der Waals surface area contributed by atoms with Crippen LogP contribution in [0, 0.1) is 0 Å². The molecule has 1 atom stereocenters. The SMILES string of the molecule is COc1ccc(S(=O)(=O)N[C@H]2CC(=O)N(c3ccccc3)C2)cc1. The van der Waals surface area contributed by atoms with Crippen molar-refractivity contribution < 1.29 is 17.9 Å². The number of methoxy groups -OCH3 is 1. The largest absolute Gasteiger partial charge is 0.497 e. The molecule has 24 heavy (non-hydrogen) atoms. The third-order valence-electron chi connectivity index (χ3n) is 3.88. The smallest absolute Gasteiger partial charge is 0.240 e. The molecule has 2 aromatic rings. The second-order valence-corrected chi connectivity index (χ2v) is 7.25. The number of hydrogen-bond acceptors (Lipinski definition) is 4. The van der Waals surface area contributed by atoms with Crippen molar-refractivity contribution in [2.45, 2.75) is 17.4 Å². The van der Waals surface area contributed by atoms with Crippen molar-refractivity contribution in [3.63, 3.8) is 0 Å². The van der Waals surface area contributed by atoms with Crippen molar-refractivity contribution in [3.05, 3.63) is 54.6 Å². The Hall–Kier alpha value is -2.38. The standard InChI is InChI=1S/C17H18N2O4S/c1-23-15-7-9-16(10-8-15)24(21,22)18-13-11-17(20)19(12-13)14-5-3-2-4-6-14/h2-10,13,18H,11-12H2,1H3/t13-/m0/s1. The molecule has 1 heterocycles. The molecule has 0 unspecified atom stereocenters. The zero-order chi connectivity index (χ0) is 17.2. The molecule has 126 valence electrons. The summed E-state index contributed by atoms with van der Waals surface area (Å²) in [5, 5.41) is 0. The Bertz CT molecular complexity index is 819. The Labute approximate surface area is 141 Å². The van der Waals surface area contributed by atoms with Gasteiger partial charge in [-0.15, -0.1) is 0 Å². The minimum atomic E-state index is -3.68. The van der Waals surface area contributed by atoms with E-state index in [2.05, 4.69) is 4.72 Å². The normalized spacial score (nSPS) is 18.0. The maximum Gasteiger partial charge on any atom is 0.240 e. The van der Waals surface area contributed by atoms with E-state index in [1.807, 2.05) is 30.3 Å². The van der Waals surface area contributed by atoms with Gasteiger partial charge < -0.3 is 9.64 Å². The van der Waals surface area contributed by atoms with Gasteiger partial charge >= 0.3 is 0 Å². The van der Waals surface area contributed by atoms with Crippen LogP contribution in [-0.4, -0.2) is 34.0 Å². The Morgan fingerprint density at radius 2 is 1.75 bits per heavy atom. The summed E-state index contributed by atoms with van der Waals surface area (Å²) in [5.74, 6) is 0.490. The first-order valence-corrected chi connectivity index (χ1v) is 9.00. The van der Waals surface area contributed by atoms with Gasteiger partial charge in [0.2, 0.25) is 15.9 Å². The molecule has 0 radical (unpaired) electrons. The number of hydrogen-bond donors (Lipinski definition) is 1. The van der Waals surface area contributed by atoms with Crippen molar-refractivity contribution in [3.8, 4) is 5.75 Å². The summed E-state index contributed by atoms with van der Waals surface area (Å²) >= 11 is 0. The molecule has 0 aliphatic carbocycles. The van der Waals surface area contributed by atoms with Gasteiger partial charge in [-0.2, -0.15) is 0 Å². The lowest BCUT2D eigenvalue weighted by Crippen LogP contribution is -2.37. The Morgan fingerprint density at radius 1 is 1.08 bits per heavy atom. The van der Waals surface area contributed by atoms with Crippen molar-refractivity contribution in [1.29, 1.82) is 0 Å². The molecule has 7 heteroatoms. The molecule has 6 nitrogen and oxygen atoms in total. The molecule has 1 fully saturated rings. The molecule has 1 saturated heterocycles. The molecular formula is C17H18N2O4S. The third-order valence-corrected chi connectivity index (χ3v) is 5.42. The fraction of sp³-hybridized carbons (Fsp3) is 0.235. The summed E-state index contributed by atoms with van der Waals surface area (Å²) in [6, 6.07) is 14.9. The van der Waals surface area contributed by atoms with E-state index >= 15 is 0 Å². The summed E-state index contributed by atoms with van der Waals surface area (Å²) in [7, 11) is -2.16. The van der Waals surface area contributed by atoms with Crippen LogP contribution >= 0.6 is 0 Å². The second-order valence-electron chi connectivity index (χ2n) is 5.54. The van der Waals surface area contributed by atoms with E-state index in [4.69, 9.17) is 4.74 Å². The zero-order valence-electron chi connectivity index (χ0n) is 13.2. The van der Waals surface area contributed by atoms with Crippen LogP contribution in [0.4, 0.5) is 5.69 Å². The number of anilines is 1. The fourth-order valence-electron chi connectivity index (χ4n) is 2.69. The van der Waals surface area contributed by atoms with Crippen molar-refractivity contribution in [2.75, 3.05) is 18.6 Å². The number of rotatable bonds is 5. The molecule has 0 spiro atoms. The number of para-hydroxylation sites is 1. The monoisotopic (exact) mass is 346 g/mol. The summed E-state index contributed by atoms with van der Waals surface area (Å²) in [6.45, 7) is 0.318. The molecular weight excluding hydrogens is 328 g/mol. The van der Waals surface area contributed by atoms with E-state index in [0.29, 0.717) is 12.3 Å². The summed E-state index contributed by atoms with van der Waals surface area (Å²) in [5.41, 5.74) is 0.772. The van der Waals surface area contributed by atoms with E-state index in [1.165, 1.54) is 19.2 Å². The van der Waals surface area contributed by atoms with Gasteiger partial charge in [-0.25, -0.2) is 13.1 Å². The van der Waals surface area contributed by atoms with Crippen LogP contribution in [0.3, 0.4) is 0 Å². The van der Waals surface area contributed by atoms with Crippen molar-refractivity contribution in [1.82, 2.24) is 4.72 Å². The van der Waals surface area contributed by atoms with Crippen LogP contribution in [0.25, 0.3) is 0 Å². The lowest BCUT2D eigenvalue weighted by molar-refractivity contribution is -0.117. The zero-order valence-corrected chi connectivity index (χ0v) is 14.0. The molecule has 1 aliphatic rings. The molecule has 0 aromatic heterocycles. The molecule has 1 N–H and O–H groups in total. The molecule has 2 aromatic carbocycles. The highest BCUT2D eigenvalue weighted by Crippen LogP contribution is 2.22. The second kappa shape index (κ2) is 6.62. The quantitative estimate of drug-likeness (QED) is 0.895. The lowest BCUT2D eigenvalue weighted by atomic mass is 10.3. The number of carbonyl (C=O) groups is 1. The molecule has 3 rings (SSSR count). The average Bonchev–Trinajstić information content (AvgIpc) is 2.95. The lowest BCUT2D eigenvalue weighted by Gasteiger charge is -2.17. The number of amides is 1. The van der Waals surface area contributed by atoms with E-state index in [0.717, 1.165) is 5.69 Å². The Balaban J connectivity index is 1.73. The third kappa shape index (κ3) is 3.42. The first kappa shape index (κ1) is 16.5. The number of sulfonamides is 1. The number of nitrogens with zero attached hydrogens (tertiary/aromatic N) is 1. The van der Waals surface area contributed by atoms with Crippen LogP contribution in [0.5, 0.6) is 5.75 Å². The van der Waals surface area contributed by atoms with E-state index in [1.54, 1.807) is 17.0 Å². The van der Waals surface area contributed by atoms with Crippen molar-refractivity contribution in [2.24, 2.45) is 0 Å². The number of benzene rings is 2. The number of ether oxygens (including phenoxy) is 1. The highest BCUT2D eigenvalue weighted by molar-refractivity contribution is 7.89. The van der Waals surface area contributed by atoms with E-state index in [-0.39, 0.29) is 17.2 Å². The topological polar surface area (TPSA) is 75.7 Å². The van der Waals surface area contributed by atoms with Crippen molar-refractivity contribution >= 4 is 21.6 Å². The van der Waals surface area contributed by atoms with Gasteiger partial charge in [-0.3, -0.25) is 4.79 Å².